The van der Waals surface area contributed by atoms with Gasteiger partial charge in [-0.25, -0.2) is 4.79 Å². The lowest BCUT2D eigenvalue weighted by Gasteiger charge is -2.37. The predicted molar refractivity (Wildman–Crippen MR) is 81.0 cm³/mol. The summed E-state index contributed by atoms with van der Waals surface area (Å²) in [4.78, 5) is 23.2. The lowest BCUT2D eigenvalue weighted by atomic mass is 9.88. The van der Waals surface area contributed by atoms with Crippen LogP contribution >= 0.6 is 0 Å². The Morgan fingerprint density at radius 1 is 1.18 bits per heavy atom. The molecule has 1 heterocycles. The highest BCUT2D eigenvalue weighted by Crippen LogP contribution is 2.34. The quantitative estimate of drug-likeness (QED) is 0.921. The van der Waals surface area contributed by atoms with Crippen LogP contribution in [0.5, 0.6) is 0 Å². The van der Waals surface area contributed by atoms with Crippen molar-refractivity contribution < 1.29 is 14.6 Å². The summed E-state index contributed by atoms with van der Waals surface area (Å²) in [6.07, 6.45) is 3.28. The fraction of sp³-hybridized carbons (Fsp3) is 0.294. The SMILES string of the molecule is O=C(O)c1cccn([C@H]2CCC2OCc2ccccc2)c1=O. The van der Waals surface area contributed by atoms with Gasteiger partial charge in [-0.3, -0.25) is 4.79 Å². The van der Waals surface area contributed by atoms with Crippen LogP contribution in [0.15, 0.2) is 53.5 Å². The monoisotopic (exact) mass is 299 g/mol. The second kappa shape index (κ2) is 6.15. The minimum absolute atomic E-state index is 0.0537. The van der Waals surface area contributed by atoms with E-state index >= 15 is 0 Å². The van der Waals surface area contributed by atoms with Gasteiger partial charge in [0.15, 0.2) is 0 Å². The third-order valence-corrected chi connectivity index (χ3v) is 4.05. The zero-order chi connectivity index (χ0) is 15.5. The minimum atomic E-state index is -1.19. The molecule has 2 atom stereocenters. The van der Waals surface area contributed by atoms with Gasteiger partial charge in [0.05, 0.1) is 18.8 Å². The molecule has 3 rings (SSSR count). The molecule has 1 aromatic carbocycles. The summed E-state index contributed by atoms with van der Waals surface area (Å²) >= 11 is 0. The summed E-state index contributed by atoms with van der Waals surface area (Å²) in [5.41, 5.74) is 0.420. The van der Waals surface area contributed by atoms with E-state index in [1.165, 1.54) is 10.6 Å². The molecular formula is C17H17NO4. The Morgan fingerprint density at radius 3 is 2.59 bits per heavy atom. The molecule has 1 unspecified atom stereocenters. The Labute approximate surface area is 127 Å². The van der Waals surface area contributed by atoms with E-state index in [-0.39, 0.29) is 17.7 Å². The highest BCUT2D eigenvalue weighted by atomic mass is 16.5. The van der Waals surface area contributed by atoms with E-state index in [1.807, 2.05) is 30.3 Å². The van der Waals surface area contributed by atoms with E-state index in [0.717, 1.165) is 18.4 Å². The van der Waals surface area contributed by atoms with Crippen LogP contribution in [0.4, 0.5) is 0 Å². The number of carboxylic acid groups (broad SMARTS) is 1. The van der Waals surface area contributed by atoms with E-state index in [0.29, 0.717) is 6.61 Å². The molecule has 0 radical (unpaired) electrons. The minimum Gasteiger partial charge on any atom is -0.477 e. The number of ether oxygens (including phenoxy) is 1. The number of nitrogens with zero attached hydrogens (tertiary/aromatic N) is 1. The molecule has 1 N–H and O–H groups in total. The molecule has 22 heavy (non-hydrogen) atoms. The fourth-order valence-electron chi connectivity index (χ4n) is 2.68. The molecule has 0 amide bonds. The number of carbonyl (C=O) groups is 1. The molecule has 1 saturated carbocycles. The number of carboxylic acids is 1. The molecular weight excluding hydrogens is 282 g/mol. The Kier molecular flexibility index (Phi) is 4.06. The van der Waals surface area contributed by atoms with Crippen LogP contribution < -0.4 is 5.56 Å². The summed E-state index contributed by atoms with van der Waals surface area (Å²) in [6.45, 7) is 0.495. The van der Waals surface area contributed by atoms with Crippen LogP contribution in [0, 0.1) is 0 Å². The van der Waals surface area contributed by atoms with Crippen LogP contribution in [0.1, 0.15) is 34.8 Å². The molecule has 1 aliphatic rings. The highest BCUT2D eigenvalue weighted by molar-refractivity contribution is 5.86. The van der Waals surface area contributed by atoms with Crippen molar-refractivity contribution in [2.45, 2.75) is 31.6 Å². The van der Waals surface area contributed by atoms with Crippen molar-refractivity contribution in [3.8, 4) is 0 Å². The first kappa shape index (κ1) is 14.5. The second-order valence-electron chi connectivity index (χ2n) is 5.42. The summed E-state index contributed by atoms with van der Waals surface area (Å²) in [5, 5.41) is 9.04. The summed E-state index contributed by atoms with van der Waals surface area (Å²) in [7, 11) is 0. The third kappa shape index (κ3) is 2.80. The molecule has 2 aromatic rings. The van der Waals surface area contributed by atoms with Crippen LogP contribution in [0.2, 0.25) is 0 Å². The van der Waals surface area contributed by atoms with Gasteiger partial charge in [-0.05, 0) is 30.5 Å². The van der Waals surface area contributed by atoms with Gasteiger partial charge in [0.25, 0.3) is 5.56 Å². The van der Waals surface area contributed by atoms with Crippen molar-refractivity contribution in [2.24, 2.45) is 0 Å². The Hall–Kier alpha value is -2.40. The largest absolute Gasteiger partial charge is 0.477 e. The molecule has 1 aliphatic carbocycles. The van der Waals surface area contributed by atoms with Crippen molar-refractivity contribution in [3.05, 3.63) is 70.1 Å². The zero-order valence-corrected chi connectivity index (χ0v) is 12.0. The molecule has 114 valence electrons. The Balaban J connectivity index is 1.72. The van der Waals surface area contributed by atoms with Crippen LogP contribution in [0.25, 0.3) is 0 Å². The summed E-state index contributed by atoms with van der Waals surface area (Å²) in [5.74, 6) is -1.19. The van der Waals surface area contributed by atoms with Gasteiger partial charge in [-0.1, -0.05) is 30.3 Å². The second-order valence-corrected chi connectivity index (χ2v) is 5.42. The lowest BCUT2D eigenvalue weighted by molar-refractivity contribution is -0.0504. The zero-order valence-electron chi connectivity index (χ0n) is 12.0. The maximum Gasteiger partial charge on any atom is 0.341 e. The first-order valence-electron chi connectivity index (χ1n) is 7.27. The fourth-order valence-corrected chi connectivity index (χ4v) is 2.68. The van der Waals surface area contributed by atoms with E-state index in [9.17, 15) is 9.59 Å². The van der Waals surface area contributed by atoms with Crippen molar-refractivity contribution >= 4 is 5.97 Å². The van der Waals surface area contributed by atoms with Gasteiger partial charge in [-0.2, -0.15) is 0 Å². The molecule has 0 saturated heterocycles. The smallest absolute Gasteiger partial charge is 0.341 e. The van der Waals surface area contributed by atoms with Crippen LogP contribution in [0.3, 0.4) is 0 Å². The molecule has 1 aromatic heterocycles. The highest BCUT2D eigenvalue weighted by Gasteiger charge is 2.34. The molecule has 0 aliphatic heterocycles. The standard InChI is InChI=1S/C17H17NO4/c19-16-13(17(20)21)7-4-10-18(16)14-8-9-15(14)22-11-12-5-2-1-3-6-12/h1-7,10,14-15H,8-9,11H2,(H,20,21)/t14-,15?/m0/s1. The number of benzene rings is 1. The van der Waals surface area contributed by atoms with Gasteiger partial charge in [-0.15, -0.1) is 0 Å². The molecule has 0 bridgehead atoms. The maximum absolute atomic E-state index is 12.2. The van der Waals surface area contributed by atoms with Crippen molar-refractivity contribution in [1.29, 1.82) is 0 Å². The molecule has 0 spiro atoms. The van der Waals surface area contributed by atoms with Gasteiger partial charge >= 0.3 is 5.97 Å². The van der Waals surface area contributed by atoms with E-state index in [1.54, 1.807) is 12.3 Å². The predicted octanol–water partition coefficient (Wildman–Crippen LogP) is 2.47. The Bertz CT molecular complexity index is 723. The van der Waals surface area contributed by atoms with Crippen LogP contribution in [-0.4, -0.2) is 21.7 Å². The molecule has 5 nitrogen and oxygen atoms in total. The first-order valence-corrected chi connectivity index (χ1v) is 7.27. The molecule has 5 heteroatoms. The topological polar surface area (TPSA) is 68.5 Å². The van der Waals surface area contributed by atoms with E-state index < -0.39 is 11.5 Å². The average Bonchev–Trinajstić information content (AvgIpc) is 2.49. The van der Waals surface area contributed by atoms with E-state index in [4.69, 9.17) is 9.84 Å². The molecule has 1 fully saturated rings. The number of hydrogen-bond acceptors (Lipinski definition) is 3. The van der Waals surface area contributed by atoms with Crippen LogP contribution in [-0.2, 0) is 11.3 Å². The van der Waals surface area contributed by atoms with Gasteiger partial charge in [0.2, 0.25) is 0 Å². The van der Waals surface area contributed by atoms with Crippen molar-refractivity contribution in [2.75, 3.05) is 0 Å². The number of aromatic carboxylic acids is 1. The first-order chi connectivity index (χ1) is 10.7. The van der Waals surface area contributed by atoms with Crippen molar-refractivity contribution in [1.82, 2.24) is 4.57 Å². The number of hydrogen-bond donors (Lipinski definition) is 1. The number of rotatable bonds is 5. The average molecular weight is 299 g/mol. The van der Waals surface area contributed by atoms with Gasteiger partial charge < -0.3 is 14.4 Å². The summed E-state index contributed by atoms with van der Waals surface area (Å²) < 4.78 is 7.37. The van der Waals surface area contributed by atoms with E-state index in [2.05, 4.69) is 0 Å². The van der Waals surface area contributed by atoms with Crippen molar-refractivity contribution in [3.63, 3.8) is 0 Å². The number of pyridine rings is 1. The Morgan fingerprint density at radius 2 is 1.95 bits per heavy atom. The van der Waals surface area contributed by atoms with Gasteiger partial charge in [0, 0.05) is 6.20 Å². The summed E-state index contributed by atoms with van der Waals surface area (Å²) in [6, 6.07) is 12.7. The normalized spacial score (nSPS) is 20.4. The lowest BCUT2D eigenvalue weighted by Crippen LogP contribution is -2.42. The number of aromatic nitrogens is 1. The third-order valence-electron chi connectivity index (χ3n) is 4.05. The van der Waals surface area contributed by atoms with Gasteiger partial charge in [0.1, 0.15) is 5.56 Å². The maximum atomic E-state index is 12.2.